The second-order valence-electron chi connectivity index (χ2n) is 11.0. The zero-order valence-corrected chi connectivity index (χ0v) is 28.9. The first-order chi connectivity index (χ1) is 23.7. The number of carbonyl (C=O) groups is 2. The molecule has 0 amide bonds. The molecule has 0 aliphatic rings. The number of rotatable bonds is 11. The van der Waals surface area contributed by atoms with Crippen LogP contribution >= 0.6 is 11.6 Å². The Bertz CT molecular complexity index is 1690. The van der Waals surface area contributed by atoms with E-state index in [1.807, 2.05) is 54.6 Å². The summed E-state index contributed by atoms with van der Waals surface area (Å²) in [5, 5.41) is 37.3. The average molecular weight is 687 g/mol. The quantitative estimate of drug-likeness (QED) is 0.0404. The van der Waals surface area contributed by atoms with Crippen molar-refractivity contribution in [3.05, 3.63) is 121 Å². The topological polar surface area (TPSA) is 146 Å². The Labute approximate surface area is 294 Å². The lowest BCUT2D eigenvalue weighted by Gasteiger charge is -2.06. The van der Waals surface area contributed by atoms with Crippen molar-refractivity contribution >= 4 is 23.7 Å². The number of carbonyl (C=O) groups excluding carboxylic acids is 2. The molecule has 260 valence electrons. The number of ketones is 1. The molecule has 0 spiro atoms. The minimum atomic E-state index is -0.314. The molecule has 0 atom stereocenters. The summed E-state index contributed by atoms with van der Waals surface area (Å²) in [6, 6.07) is 28.7. The molecule has 49 heavy (non-hydrogen) atoms. The summed E-state index contributed by atoms with van der Waals surface area (Å²) < 4.78 is 2.20. The summed E-state index contributed by atoms with van der Waals surface area (Å²) in [5.74, 6) is -1.17. The smallest absolute Gasteiger partial charge is 0.177 e. The van der Waals surface area contributed by atoms with Crippen LogP contribution in [0.2, 0.25) is 0 Å². The van der Waals surface area contributed by atoms with Crippen LogP contribution in [0.4, 0.5) is 0 Å². The van der Waals surface area contributed by atoms with Crippen LogP contribution in [0.15, 0.2) is 109 Å². The van der Waals surface area contributed by atoms with Gasteiger partial charge in [-0.15, -0.1) is 11.6 Å². The standard InChI is InChI=1S/C20H21NO2.C8H7ClO3.C8H8O.C4H11N/c1-2-3-11-21-13-17(15-7-5-4-6-8-15)18(14-21)16-9-10-19(22)20(23)12-16;9-4-8(12)5-1-2-6(10)7(11)3-5;9-7-6-8-4-2-1-3-5-8;1-2-3-4-5/h4-10,12-14,22-23H,2-3,11H2,1H3;1-3,10-11H,4H2;1-5,7H,6H2;2-5H2,1H3. The third-order valence-corrected chi connectivity index (χ3v) is 7.40. The number of unbranched alkanes of at least 4 members (excludes halogenated alkanes) is 2. The molecule has 0 bridgehead atoms. The maximum atomic E-state index is 11.0. The van der Waals surface area contributed by atoms with Gasteiger partial charge in [0.25, 0.3) is 0 Å². The molecule has 0 aliphatic heterocycles. The molecule has 8 nitrogen and oxygen atoms in total. The van der Waals surface area contributed by atoms with E-state index in [1.165, 1.54) is 37.1 Å². The van der Waals surface area contributed by atoms with Gasteiger partial charge in [-0.05, 0) is 66.4 Å². The van der Waals surface area contributed by atoms with Crippen LogP contribution in [-0.4, -0.2) is 49.5 Å². The van der Waals surface area contributed by atoms with E-state index < -0.39 is 0 Å². The molecule has 0 radical (unpaired) electrons. The van der Waals surface area contributed by atoms with E-state index in [0.29, 0.717) is 12.0 Å². The number of aldehydes is 1. The fraction of sp³-hybridized carbons (Fsp3) is 0.250. The Balaban J connectivity index is 0.000000267. The Morgan fingerprint density at radius 3 is 1.76 bits per heavy atom. The van der Waals surface area contributed by atoms with Crippen molar-refractivity contribution in [1.82, 2.24) is 4.57 Å². The van der Waals surface area contributed by atoms with E-state index in [9.17, 15) is 19.8 Å². The van der Waals surface area contributed by atoms with Gasteiger partial charge < -0.3 is 35.5 Å². The number of aromatic nitrogens is 1. The second-order valence-corrected chi connectivity index (χ2v) is 11.3. The van der Waals surface area contributed by atoms with Crippen molar-refractivity contribution in [1.29, 1.82) is 0 Å². The van der Waals surface area contributed by atoms with Gasteiger partial charge in [-0.2, -0.15) is 0 Å². The third kappa shape index (κ3) is 13.9. The van der Waals surface area contributed by atoms with E-state index in [4.69, 9.17) is 27.5 Å². The predicted molar refractivity (Wildman–Crippen MR) is 199 cm³/mol. The predicted octanol–water partition coefficient (Wildman–Crippen LogP) is 8.73. The highest BCUT2D eigenvalue weighted by molar-refractivity contribution is 6.30. The van der Waals surface area contributed by atoms with Gasteiger partial charge in [-0.3, -0.25) is 4.79 Å². The number of Topliss-reactive ketones (excluding diaryl/α,β-unsaturated/α-hetero) is 1. The molecule has 4 aromatic carbocycles. The van der Waals surface area contributed by atoms with Gasteiger partial charge in [0.1, 0.15) is 6.29 Å². The highest BCUT2D eigenvalue weighted by Gasteiger charge is 2.13. The first kappa shape index (κ1) is 40.1. The lowest BCUT2D eigenvalue weighted by Crippen LogP contribution is -1.99. The molecule has 0 saturated carbocycles. The Morgan fingerprint density at radius 1 is 0.714 bits per heavy atom. The Kier molecular flexibility index (Phi) is 18.4. The van der Waals surface area contributed by atoms with Crippen LogP contribution in [-0.2, 0) is 17.8 Å². The van der Waals surface area contributed by atoms with Crippen LogP contribution in [0.3, 0.4) is 0 Å². The van der Waals surface area contributed by atoms with Gasteiger partial charge in [0.15, 0.2) is 28.8 Å². The number of aromatic hydroxyl groups is 4. The Morgan fingerprint density at radius 2 is 1.27 bits per heavy atom. The number of hydrogen-bond acceptors (Lipinski definition) is 7. The molecule has 0 fully saturated rings. The monoisotopic (exact) mass is 686 g/mol. The molecule has 0 aliphatic carbocycles. The number of phenolic OH excluding ortho intramolecular Hbond substituents is 4. The van der Waals surface area contributed by atoms with E-state index in [0.717, 1.165) is 60.0 Å². The van der Waals surface area contributed by atoms with E-state index in [2.05, 4.69) is 42.9 Å². The van der Waals surface area contributed by atoms with Gasteiger partial charge in [0.2, 0.25) is 0 Å². The number of halogens is 1. The maximum absolute atomic E-state index is 11.0. The van der Waals surface area contributed by atoms with Crippen molar-refractivity contribution in [2.75, 3.05) is 12.4 Å². The number of benzene rings is 4. The molecule has 9 heteroatoms. The molecule has 5 aromatic rings. The number of alkyl halides is 1. The minimum Gasteiger partial charge on any atom is -0.504 e. The van der Waals surface area contributed by atoms with Crippen molar-refractivity contribution in [3.8, 4) is 45.3 Å². The Hall–Kier alpha value is -5.05. The zero-order chi connectivity index (χ0) is 36.0. The summed E-state index contributed by atoms with van der Waals surface area (Å²) in [5.41, 5.74) is 10.7. The molecule has 5 rings (SSSR count). The summed E-state index contributed by atoms with van der Waals surface area (Å²) in [6.07, 6.45) is 10.4. The van der Waals surface area contributed by atoms with E-state index >= 15 is 0 Å². The molecule has 6 N–H and O–H groups in total. The second kappa shape index (κ2) is 22.5. The first-order valence-corrected chi connectivity index (χ1v) is 16.8. The molecule has 1 heterocycles. The van der Waals surface area contributed by atoms with Crippen LogP contribution in [0.5, 0.6) is 23.0 Å². The van der Waals surface area contributed by atoms with Crippen molar-refractivity contribution in [2.24, 2.45) is 5.73 Å². The van der Waals surface area contributed by atoms with Gasteiger partial charge in [0, 0.05) is 42.0 Å². The molecule has 1 aromatic heterocycles. The van der Waals surface area contributed by atoms with Gasteiger partial charge in [0.05, 0.1) is 5.88 Å². The normalized spacial score (nSPS) is 9.96. The fourth-order valence-corrected chi connectivity index (χ4v) is 4.59. The minimum absolute atomic E-state index is 0.0946. The van der Waals surface area contributed by atoms with E-state index in [1.54, 1.807) is 6.07 Å². The molecular weight excluding hydrogens is 640 g/mol. The highest BCUT2D eigenvalue weighted by atomic mass is 35.5. The number of nitrogens with two attached hydrogens (primary N) is 1. The molecule has 0 unspecified atom stereocenters. The van der Waals surface area contributed by atoms with Crippen LogP contribution in [0.25, 0.3) is 22.3 Å². The zero-order valence-electron chi connectivity index (χ0n) is 28.1. The first-order valence-electron chi connectivity index (χ1n) is 16.2. The van der Waals surface area contributed by atoms with Crippen molar-refractivity contribution in [2.45, 2.75) is 52.5 Å². The number of nitrogens with zero attached hydrogens (tertiary/aromatic N) is 1. The fourth-order valence-electron chi connectivity index (χ4n) is 4.44. The number of phenols is 4. The van der Waals surface area contributed by atoms with Crippen molar-refractivity contribution < 1.29 is 30.0 Å². The van der Waals surface area contributed by atoms with Gasteiger partial charge in [-0.25, -0.2) is 0 Å². The molecular formula is C40H47ClN2O6. The highest BCUT2D eigenvalue weighted by Crippen LogP contribution is 2.37. The summed E-state index contributed by atoms with van der Waals surface area (Å²) >= 11 is 5.28. The van der Waals surface area contributed by atoms with Gasteiger partial charge >= 0.3 is 0 Å². The van der Waals surface area contributed by atoms with Crippen molar-refractivity contribution in [3.63, 3.8) is 0 Å². The van der Waals surface area contributed by atoms with Crippen LogP contribution < -0.4 is 5.73 Å². The lowest BCUT2D eigenvalue weighted by atomic mass is 9.99. The van der Waals surface area contributed by atoms with E-state index in [-0.39, 0.29) is 34.7 Å². The van der Waals surface area contributed by atoms with Crippen LogP contribution in [0, 0.1) is 0 Å². The third-order valence-electron chi connectivity index (χ3n) is 7.16. The summed E-state index contributed by atoms with van der Waals surface area (Å²) in [4.78, 5) is 20.9. The average Bonchev–Trinajstić information content (AvgIpc) is 3.56. The lowest BCUT2D eigenvalue weighted by molar-refractivity contribution is -0.107. The largest absolute Gasteiger partial charge is 0.504 e. The SMILES string of the molecule is CCCCN.CCCCn1cc(-c2ccccc2)c(-c2ccc(O)c(O)c2)c1.O=C(CCl)c1ccc(O)c(O)c1.O=CCc1ccccc1. The summed E-state index contributed by atoms with van der Waals surface area (Å²) in [7, 11) is 0. The summed E-state index contributed by atoms with van der Waals surface area (Å²) in [6.45, 7) is 6.13. The maximum Gasteiger partial charge on any atom is 0.177 e. The number of aryl methyl sites for hydroxylation is 1. The molecule has 0 saturated heterocycles. The van der Waals surface area contributed by atoms with Gasteiger partial charge in [-0.1, -0.05) is 93.4 Å². The van der Waals surface area contributed by atoms with Crippen LogP contribution in [0.1, 0.15) is 55.5 Å². The number of hydrogen-bond donors (Lipinski definition) is 5.